The molecule has 0 aromatic heterocycles. The first-order valence-corrected chi connectivity index (χ1v) is 10.6. The van der Waals surface area contributed by atoms with Crippen LogP contribution in [-0.2, 0) is 19.4 Å². The average Bonchev–Trinajstić information content (AvgIpc) is 2.19. The molecule has 0 aliphatic heterocycles. The SMILES string of the molecule is CCOC(=O)c1ccccc1.[Cl][Ti]([Cl])[Cl]. The second-order valence-corrected chi connectivity index (χ2v) is 10.0. The minimum atomic E-state index is -1.92. The first kappa shape index (κ1) is 15.3. The fourth-order valence-corrected chi connectivity index (χ4v) is 0.789. The first-order chi connectivity index (χ1) is 7.07. The molecular formula is C9H10Cl3O2Ti. The molecule has 1 rings (SSSR count). The molecule has 2 nitrogen and oxygen atoms in total. The summed E-state index contributed by atoms with van der Waals surface area (Å²) in [4.78, 5) is 11.0. The number of hydrogen-bond acceptors (Lipinski definition) is 2. The van der Waals surface area contributed by atoms with Crippen LogP contribution in [0.5, 0.6) is 0 Å². The molecule has 83 valence electrons. The van der Waals surface area contributed by atoms with Gasteiger partial charge < -0.3 is 4.74 Å². The second kappa shape index (κ2) is 9.50. The van der Waals surface area contributed by atoms with Crippen molar-refractivity contribution in [1.29, 1.82) is 0 Å². The van der Waals surface area contributed by atoms with Gasteiger partial charge in [-0.05, 0) is 19.1 Å². The van der Waals surface area contributed by atoms with Crippen LogP contribution >= 0.6 is 27.9 Å². The summed E-state index contributed by atoms with van der Waals surface area (Å²) in [5.41, 5.74) is 0.606. The van der Waals surface area contributed by atoms with E-state index in [1.807, 2.05) is 18.2 Å². The number of ether oxygens (including phenoxy) is 1. The molecule has 0 atom stereocenters. The van der Waals surface area contributed by atoms with Gasteiger partial charge in [0.2, 0.25) is 0 Å². The van der Waals surface area contributed by atoms with Crippen LogP contribution in [0.25, 0.3) is 0 Å². The Morgan fingerprint density at radius 1 is 1.27 bits per heavy atom. The molecule has 0 fully saturated rings. The van der Waals surface area contributed by atoms with Gasteiger partial charge >= 0.3 is 48.6 Å². The summed E-state index contributed by atoms with van der Waals surface area (Å²) in [6, 6.07) is 8.96. The van der Waals surface area contributed by atoms with Crippen molar-refractivity contribution in [3.05, 3.63) is 35.9 Å². The van der Waals surface area contributed by atoms with Crippen molar-refractivity contribution in [3.8, 4) is 0 Å². The molecule has 0 saturated carbocycles. The topological polar surface area (TPSA) is 26.3 Å². The number of benzene rings is 1. The van der Waals surface area contributed by atoms with E-state index in [-0.39, 0.29) is 5.97 Å². The molecule has 0 aliphatic rings. The van der Waals surface area contributed by atoms with Crippen LogP contribution in [0.3, 0.4) is 0 Å². The molecule has 0 spiro atoms. The summed E-state index contributed by atoms with van der Waals surface area (Å²) >= 11 is -1.92. The predicted molar refractivity (Wildman–Crippen MR) is 60.0 cm³/mol. The van der Waals surface area contributed by atoms with Gasteiger partial charge in [0.1, 0.15) is 0 Å². The third-order valence-corrected chi connectivity index (χ3v) is 1.28. The van der Waals surface area contributed by atoms with Gasteiger partial charge in [0.25, 0.3) is 0 Å². The first-order valence-electron chi connectivity index (χ1n) is 4.13. The van der Waals surface area contributed by atoms with Crippen molar-refractivity contribution in [2.75, 3.05) is 6.61 Å². The molecule has 0 bridgehead atoms. The Morgan fingerprint density at radius 2 is 1.73 bits per heavy atom. The molecular weight excluding hydrogens is 294 g/mol. The number of rotatable bonds is 2. The van der Waals surface area contributed by atoms with Gasteiger partial charge in [-0.3, -0.25) is 0 Å². The molecule has 6 heteroatoms. The normalized spacial score (nSPS) is 8.53. The van der Waals surface area contributed by atoms with Crippen LogP contribution in [0.1, 0.15) is 17.3 Å². The third kappa shape index (κ3) is 9.22. The minimum absolute atomic E-state index is 0.256. The molecule has 0 heterocycles. The van der Waals surface area contributed by atoms with Gasteiger partial charge in [0, 0.05) is 0 Å². The summed E-state index contributed by atoms with van der Waals surface area (Å²) in [5, 5.41) is 0. The Labute approximate surface area is 107 Å². The summed E-state index contributed by atoms with van der Waals surface area (Å²) in [6.45, 7) is 2.22. The van der Waals surface area contributed by atoms with E-state index in [0.29, 0.717) is 12.2 Å². The molecule has 0 aliphatic carbocycles. The number of esters is 1. The summed E-state index contributed by atoms with van der Waals surface area (Å²) in [6.07, 6.45) is 0. The van der Waals surface area contributed by atoms with E-state index in [1.165, 1.54) is 0 Å². The average molecular weight is 304 g/mol. The van der Waals surface area contributed by atoms with Crippen LogP contribution in [0.4, 0.5) is 0 Å². The van der Waals surface area contributed by atoms with E-state index < -0.39 is 14.7 Å². The molecule has 0 N–H and O–H groups in total. The van der Waals surface area contributed by atoms with Gasteiger partial charge in [0.15, 0.2) is 0 Å². The van der Waals surface area contributed by atoms with E-state index >= 15 is 0 Å². The number of carbonyl (C=O) groups is 1. The zero-order chi connectivity index (χ0) is 11.7. The van der Waals surface area contributed by atoms with E-state index in [4.69, 9.17) is 32.7 Å². The summed E-state index contributed by atoms with van der Waals surface area (Å²) in [5.74, 6) is -0.256. The zero-order valence-corrected chi connectivity index (χ0v) is 11.9. The van der Waals surface area contributed by atoms with E-state index in [0.717, 1.165) is 0 Å². The third-order valence-electron chi connectivity index (χ3n) is 1.28. The van der Waals surface area contributed by atoms with Crippen LogP contribution in [0, 0.1) is 0 Å². The van der Waals surface area contributed by atoms with Crippen molar-refractivity contribution >= 4 is 33.9 Å². The maximum atomic E-state index is 11.0. The summed E-state index contributed by atoms with van der Waals surface area (Å²) in [7, 11) is 14.9. The molecule has 1 aromatic rings. The zero-order valence-electron chi connectivity index (χ0n) is 8.04. The Bertz CT molecular complexity index is 277. The van der Waals surface area contributed by atoms with Gasteiger partial charge in [-0.15, -0.1) is 0 Å². The van der Waals surface area contributed by atoms with Gasteiger partial charge in [-0.1, -0.05) is 18.2 Å². The molecule has 1 aromatic carbocycles. The van der Waals surface area contributed by atoms with Gasteiger partial charge in [-0.2, -0.15) is 0 Å². The van der Waals surface area contributed by atoms with E-state index in [1.54, 1.807) is 19.1 Å². The van der Waals surface area contributed by atoms with Crippen molar-refractivity contribution in [2.24, 2.45) is 0 Å². The fourth-order valence-electron chi connectivity index (χ4n) is 0.789. The quantitative estimate of drug-likeness (QED) is 0.611. The molecule has 0 radical (unpaired) electrons. The van der Waals surface area contributed by atoms with Crippen molar-refractivity contribution in [2.45, 2.75) is 6.92 Å². The molecule has 0 amide bonds. The predicted octanol–water partition coefficient (Wildman–Crippen LogP) is 3.93. The van der Waals surface area contributed by atoms with Crippen molar-refractivity contribution in [3.63, 3.8) is 0 Å². The van der Waals surface area contributed by atoms with E-state index in [2.05, 4.69) is 0 Å². The Morgan fingerprint density at radius 3 is 2.13 bits per heavy atom. The van der Waals surface area contributed by atoms with Crippen LogP contribution in [0.2, 0.25) is 0 Å². The van der Waals surface area contributed by atoms with Gasteiger partial charge in [0.05, 0.1) is 12.2 Å². The van der Waals surface area contributed by atoms with Crippen LogP contribution in [0.15, 0.2) is 30.3 Å². The number of hydrogen-bond donors (Lipinski definition) is 0. The monoisotopic (exact) mass is 303 g/mol. The molecule has 0 saturated heterocycles. The Kier molecular flexibility index (Phi) is 9.67. The van der Waals surface area contributed by atoms with E-state index in [9.17, 15) is 4.79 Å². The standard InChI is InChI=1S/C9H10O2.3ClH.Ti/c1-2-11-9(10)8-6-4-3-5-7-8;;;;/h3-7H,2H2,1H3;3*1H;/q;;;;+3/p-3. The molecule has 0 unspecified atom stereocenters. The van der Waals surface area contributed by atoms with Crippen molar-refractivity contribution in [1.82, 2.24) is 0 Å². The van der Waals surface area contributed by atoms with Gasteiger partial charge in [-0.25, -0.2) is 4.79 Å². The Hall–Kier alpha value is 0.274. The maximum absolute atomic E-state index is 11.0. The van der Waals surface area contributed by atoms with Crippen LogP contribution in [-0.4, -0.2) is 12.6 Å². The van der Waals surface area contributed by atoms with Crippen LogP contribution < -0.4 is 0 Å². The Balaban J connectivity index is 0.000000423. The number of halogens is 3. The molecule has 15 heavy (non-hydrogen) atoms. The summed E-state index contributed by atoms with van der Waals surface area (Å²) < 4.78 is 4.79. The number of carbonyl (C=O) groups excluding carboxylic acids is 1. The second-order valence-electron chi connectivity index (χ2n) is 2.30. The fraction of sp³-hybridized carbons (Fsp3) is 0.222. The van der Waals surface area contributed by atoms with Crippen molar-refractivity contribution < 1.29 is 24.2 Å².